The molecule has 0 spiro atoms. The summed E-state index contributed by atoms with van der Waals surface area (Å²) in [6.45, 7) is 0.471. The molecule has 0 radical (unpaired) electrons. The zero-order valence-electron chi connectivity index (χ0n) is 18.0. The second kappa shape index (κ2) is 9.20. The first-order chi connectivity index (χ1) is 16.5. The van der Waals surface area contributed by atoms with Crippen LogP contribution in [0.3, 0.4) is 0 Å². The number of esters is 1. The molecule has 0 unspecified atom stereocenters. The van der Waals surface area contributed by atoms with Gasteiger partial charge < -0.3 is 28.2 Å². The summed E-state index contributed by atoms with van der Waals surface area (Å²) in [6.07, 6.45) is 1.96. The van der Waals surface area contributed by atoms with Gasteiger partial charge in [-0.05, 0) is 35.5 Å². The van der Waals surface area contributed by atoms with Gasteiger partial charge in [0.05, 0.1) is 25.7 Å². The molecule has 174 valence electrons. The number of carbonyl (C=O) groups is 2. The first kappa shape index (κ1) is 22.0. The Labute approximate surface area is 198 Å². The van der Waals surface area contributed by atoms with Gasteiger partial charge in [-0.25, -0.2) is 0 Å². The highest BCUT2D eigenvalue weighted by molar-refractivity contribution is 6.31. The van der Waals surface area contributed by atoms with Gasteiger partial charge in [-0.1, -0.05) is 11.6 Å². The lowest BCUT2D eigenvalue weighted by molar-refractivity contribution is -0.134. The topological polar surface area (TPSA) is 106 Å². The Morgan fingerprint density at radius 2 is 2.12 bits per heavy atom. The second-order valence-corrected chi connectivity index (χ2v) is 7.94. The number of allylic oxidation sites excluding steroid dienone is 1. The molecule has 3 aromatic rings. The van der Waals surface area contributed by atoms with E-state index in [0.717, 1.165) is 5.56 Å². The fourth-order valence-electron chi connectivity index (χ4n) is 3.60. The predicted molar refractivity (Wildman–Crippen MR) is 118 cm³/mol. The molecule has 2 aliphatic heterocycles. The third-order valence-corrected chi connectivity index (χ3v) is 5.40. The number of methoxy groups -OCH3 is 1. The number of hydrogen-bond acceptors (Lipinski definition) is 9. The van der Waals surface area contributed by atoms with Gasteiger partial charge in [-0.2, -0.15) is 0 Å². The first-order valence-electron chi connectivity index (χ1n) is 10.3. The minimum Gasteiger partial charge on any atom is -0.479 e. The number of ketones is 1. The molecular weight excluding hydrogens is 466 g/mol. The van der Waals surface area contributed by atoms with E-state index in [9.17, 15) is 9.59 Å². The number of Topliss-reactive ketones (excluding diaryl/α,β-unsaturated/α-hetero) is 1. The second-order valence-electron chi connectivity index (χ2n) is 7.50. The predicted octanol–water partition coefficient (Wildman–Crippen LogP) is 4.36. The van der Waals surface area contributed by atoms with Crippen LogP contribution in [0.25, 0.3) is 6.08 Å². The van der Waals surface area contributed by atoms with Crippen molar-refractivity contribution >= 4 is 29.4 Å². The molecule has 0 amide bonds. The molecule has 34 heavy (non-hydrogen) atoms. The summed E-state index contributed by atoms with van der Waals surface area (Å²) in [7, 11) is 1.47. The monoisotopic (exact) mass is 483 g/mol. The Hall–Kier alpha value is -3.82. The molecule has 9 nitrogen and oxygen atoms in total. The highest BCUT2D eigenvalue weighted by Gasteiger charge is 2.29. The van der Waals surface area contributed by atoms with E-state index in [0.29, 0.717) is 52.3 Å². The van der Waals surface area contributed by atoms with Crippen LogP contribution in [0, 0.1) is 0 Å². The first-order valence-corrected chi connectivity index (χ1v) is 10.7. The standard InChI is InChI=1S/C24H18ClNO8/c1-29-21-10-17(34-26-21)3-5-22(27)32-16-2-4-18-19(9-16)33-20(23(18)28)8-13-6-15(25)7-14-11-30-12-31-24(13)14/h2,4,6-10H,3,5,11-12H2,1H3/b20-8-. The highest BCUT2D eigenvalue weighted by atomic mass is 35.5. The maximum atomic E-state index is 12.8. The average Bonchev–Trinajstić information content (AvgIpc) is 3.42. The zero-order valence-corrected chi connectivity index (χ0v) is 18.7. The number of fused-ring (bicyclic) bond motifs is 2. The Kier molecular flexibility index (Phi) is 5.95. The summed E-state index contributed by atoms with van der Waals surface area (Å²) in [5, 5.41) is 4.17. The van der Waals surface area contributed by atoms with E-state index >= 15 is 0 Å². The maximum Gasteiger partial charge on any atom is 0.311 e. The lowest BCUT2D eigenvalue weighted by Crippen LogP contribution is -2.12. The molecule has 1 aromatic heterocycles. The molecule has 0 aliphatic carbocycles. The van der Waals surface area contributed by atoms with Crippen molar-refractivity contribution in [2.45, 2.75) is 19.4 Å². The number of aromatic nitrogens is 1. The van der Waals surface area contributed by atoms with Crippen molar-refractivity contribution in [3.8, 4) is 23.1 Å². The number of carbonyl (C=O) groups excluding carboxylic acids is 2. The summed E-state index contributed by atoms with van der Waals surface area (Å²) in [4.78, 5) is 25.1. The summed E-state index contributed by atoms with van der Waals surface area (Å²) in [6, 6.07) is 9.64. The van der Waals surface area contributed by atoms with Crippen molar-refractivity contribution in [2.75, 3.05) is 13.9 Å². The number of hydrogen-bond donors (Lipinski definition) is 0. The number of aryl methyl sites for hydroxylation is 1. The van der Waals surface area contributed by atoms with Gasteiger partial charge in [0, 0.05) is 34.7 Å². The fraction of sp³-hybridized carbons (Fsp3) is 0.208. The quantitative estimate of drug-likeness (QED) is 0.287. The summed E-state index contributed by atoms with van der Waals surface area (Å²) in [5.41, 5.74) is 1.75. The number of nitrogens with zero attached hydrogens (tertiary/aromatic N) is 1. The minimum atomic E-state index is -0.472. The van der Waals surface area contributed by atoms with E-state index in [2.05, 4.69) is 5.16 Å². The molecule has 0 bridgehead atoms. The summed E-state index contributed by atoms with van der Waals surface area (Å²) >= 11 is 6.21. The zero-order chi connectivity index (χ0) is 23.7. The Morgan fingerprint density at radius 3 is 2.94 bits per heavy atom. The molecule has 2 aliphatic rings. The SMILES string of the molecule is COc1cc(CCC(=O)Oc2ccc3c(c2)O/C(=C\c2cc(Cl)cc4c2OCOC4)C3=O)on1. The smallest absolute Gasteiger partial charge is 0.311 e. The largest absolute Gasteiger partial charge is 0.479 e. The van der Waals surface area contributed by atoms with Crippen LogP contribution in [0.5, 0.6) is 23.1 Å². The molecule has 0 saturated carbocycles. The van der Waals surface area contributed by atoms with Gasteiger partial charge in [0.15, 0.2) is 12.6 Å². The third-order valence-electron chi connectivity index (χ3n) is 5.19. The van der Waals surface area contributed by atoms with Crippen LogP contribution in [0.2, 0.25) is 5.02 Å². The molecule has 3 heterocycles. The van der Waals surface area contributed by atoms with Crippen molar-refractivity contribution in [1.29, 1.82) is 0 Å². The normalized spacial score (nSPS) is 15.4. The Balaban J connectivity index is 1.29. The van der Waals surface area contributed by atoms with Gasteiger partial charge in [0.1, 0.15) is 23.0 Å². The van der Waals surface area contributed by atoms with Gasteiger partial charge >= 0.3 is 5.97 Å². The van der Waals surface area contributed by atoms with Crippen LogP contribution in [0.15, 0.2) is 46.7 Å². The third kappa shape index (κ3) is 4.48. The molecule has 2 aromatic carbocycles. The molecule has 5 rings (SSSR count). The van der Waals surface area contributed by atoms with Crippen LogP contribution in [0.1, 0.15) is 33.7 Å². The van der Waals surface area contributed by atoms with Crippen molar-refractivity contribution in [2.24, 2.45) is 0 Å². The summed E-state index contributed by atoms with van der Waals surface area (Å²) in [5.74, 6) is 1.33. The molecule has 10 heteroatoms. The van der Waals surface area contributed by atoms with E-state index in [1.165, 1.54) is 13.2 Å². The van der Waals surface area contributed by atoms with Crippen molar-refractivity contribution < 1.29 is 37.8 Å². The van der Waals surface area contributed by atoms with Gasteiger partial charge in [0.25, 0.3) is 5.88 Å². The van der Waals surface area contributed by atoms with E-state index in [1.807, 2.05) is 0 Å². The minimum absolute atomic E-state index is 0.0734. The lowest BCUT2D eigenvalue weighted by Gasteiger charge is -2.20. The van der Waals surface area contributed by atoms with Crippen LogP contribution in [-0.4, -0.2) is 30.8 Å². The van der Waals surface area contributed by atoms with Gasteiger partial charge in [0.2, 0.25) is 5.78 Å². The maximum absolute atomic E-state index is 12.8. The molecule has 0 atom stereocenters. The fourth-order valence-corrected chi connectivity index (χ4v) is 3.85. The van der Waals surface area contributed by atoms with Crippen LogP contribution < -0.4 is 18.9 Å². The number of halogens is 1. The number of benzene rings is 2. The Morgan fingerprint density at radius 1 is 1.24 bits per heavy atom. The molecule has 0 saturated heterocycles. The molecule has 0 fully saturated rings. The van der Waals surface area contributed by atoms with Gasteiger partial charge in [-0.3, -0.25) is 9.59 Å². The highest BCUT2D eigenvalue weighted by Crippen LogP contribution is 2.38. The average molecular weight is 484 g/mol. The summed E-state index contributed by atoms with van der Waals surface area (Å²) < 4.78 is 32.0. The van der Waals surface area contributed by atoms with Crippen molar-refractivity contribution in [1.82, 2.24) is 5.16 Å². The van der Waals surface area contributed by atoms with Gasteiger partial charge in [-0.15, -0.1) is 0 Å². The Bertz CT molecular complexity index is 1310. The van der Waals surface area contributed by atoms with E-state index < -0.39 is 5.97 Å². The van der Waals surface area contributed by atoms with E-state index in [-0.39, 0.29) is 30.5 Å². The molecule has 0 N–H and O–H groups in total. The number of ether oxygens (including phenoxy) is 5. The van der Waals surface area contributed by atoms with Crippen molar-refractivity contribution in [3.05, 3.63) is 69.6 Å². The van der Waals surface area contributed by atoms with E-state index in [4.69, 9.17) is 39.8 Å². The number of rotatable bonds is 6. The van der Waals surface area contributed by atoms with Crippen LogP contribution >= 0.6 is 11.6 Å². The van der Waals surface area contributed by atoms with Crippen LogP contribution in [-0.2, 0) is 22.6 Å². The van der Waals surface area contributed by atoms with Crippen molar-refractivity contribution in [3.63, 3.8) is 0 Å². The molecular formula is C24H18ClNO8. The van der Waals surface area contributed by atoms with E-state index in [1.54, 1.807) is 36.4 Å². The lowest BCUT2D eigenvalue weighted by atomic mass is 10.1. The van der Waals surface area contributed by atoms with Crippen LogP contribution in [0.4, 0.5) is 0 Å².